The molecule has 0 spiro atoms. The van der Waals surface area contributed by atoms with Crippen LogP contribution in [0.1, 0.15) is 61.2 Å². The molecule has 2 aromatic rings. The lowest BCUT2D eigenvalue weighted by Crippen LogP contribution is -2.32. The minimum atomic E-state index is -0.712. The summed E-state index contributed by atoms with van der Waals surface area (Å²) in [5.74, 6) is -1.07. The number of nitrogens with two attached hydrogens (primary N) is 1. The first-order chi connectivity index (χ1) is 16.5. The molecule has 0 unspecified atom stereocenters. The zero-order valence-corrected chi connectivity index (χ0v) is 20.8. The van der Waals surface area contributed by atoms with Crippen molar-refractivity contribution < 1.29 is 24.2 Å². The first-order valence-corrected chi connectivity index (χ1v) is 11.6. The number of amides is 3. The third kappa shape index (κ3) is 9.52. The van der Waals surface area contributed by atoms with Crippen LogP contribution in [0.3, 0.4) is 0 Å². The topological polar surface area (TPSA) is 122 Å². The average Bonchev–Trinajstić information content (AvgIpc) is 2.78. The first kappa shape index (κ1) is 27.4. The molecule has 35 heavy (non-hydrogen) atoms. The fourth-order valence-corrected chi connectivity index (χ4v) is 3.42. The van der Waals surface area contributed by atoms with Crippen molar-refractivity contribution in [1.29, 1.82) is 0 Å². The molecule has 8 nitrogen and oxygen atoms in total. The number of alkyl carbamates (subject to hydrolysis) is 1. The number of nitrogens with one attached hydrogen (secondary N) is 1. The van der Waals surface area contributed by atoms with Crippen molar-refractivity contribution >= 4 is 24.0 Å². The summed E-state index contributed by atoms with van der Waals surface area (Å²) in [5, 5.41) is 12.6. The van der Waals surface area contributed by atoms with Gasteiger partial charge in [0.25, 0.3) is 5.91 Å². The van der Waals surface area contributed by atoms with Crippen LogP contribution in [0.25, 0.3) is 6.08 Å². The van der Waals surface area contributed by atoms with Gasteiger partial charge >= 0.3 is 6.09 Å². The second-order valence-electron chi connectivity index (χ2n) is 9.17. The van der Waals surface area contributed by atoms with Gasteiger partial charge in [-0.2, -0.15) is 0 Å². The summed E-state index contributed by atoms with van der Waals surface area (Å²) >= 11 is 0. The standard InChI is InChI=1S/C27H35N3O5/c1-5-30(24(32)14-12-20-11-13-22(25(28)33)23(31)17-20)15-7-10-19-8-6-9-21(16-19)18-29-26(34)35-27(2,3)4/h6,8-9,11-14,16-17,31H,5,7,10,15,18H2,1-4H3,(H2,28,33)(H,29,34)/b14-12+. The lowest BCUT2D eigenvalue weighted by Gasteiger charge is -2.20. The summed E-state index contributed by atoms with van der Waals surface area (Å²) < 4.78 is 5.26. The molecular weight excluding hydrogens is 446 g/mol. The summed E-state index contributed by atoms with van der Waals surface area (Å²) in [4.78, 5) is 37.4. The lowest BCUT2D eigenvalue weighted by molar-refractivity contribution is -0.125. The highest BCUT2D eigenvalue weighted by atomic mass is 16.6. The molecule has 0 aliphatic rings. The quantitative estimate of drug-likeness (QED) is 0.443. The van der Waals surface area contributed by atoms with E-state index < -0.39 is 17.6 Å². The maximum atomic E-state index is 12.6. The number of hydrogen-bond acceptors (Lipinski definition) is 5. The van der Waals surface area contributed by atoms with Crippen LogP contribution in [0, 0.1) is 0 Å². The van der Waals surface area contributed by atoms with Gasteiger partial charge in [0.05, 0.1) is 5.56 Å². The number of rotatable bonds is 10. The Kier molecular flexibility index (Phi) is 9.87. The minimum absolute atomic E-state index is 0.0355. The maximum absolute atomic E-state index is 12.6. The Morgan fingerprint density at radius 2 is 1.83 bits per heavy atom. The predicted molar refractivity (Wildman–Crippen MR) is 136 cm³/mol. The molecule has 3 amide bonds. The molecule has 4 N–H and O–H groups in total. The number of aryl methyl sites for hydroxylation is 1. The van der Waals surface area contributed by atoms with Crippen molar-refractivity contribution in [3.05, 3.63) is 70.8 Å². The van der Waals surface area contributed by atoms with Gasteiger partial charge in [-0.25, -0.2) is 4.79 Å². The van der Waals surface area contributed by atoms with E-state index in [2.05, 4.69) is 5.32 Å². The van der Waals surface area contributed by atoms with E-state index in [0.29, 0.717) is 25.2 Å². The van der Waals surface area contributed by atoms with Crippen molar-refractivity contribution in [2.45, 2.75) is 52.7 Å². The van der Waals surface area contributed by atoms with E-state index in [1.54, 1.807) is 17.0 Å². The lowest BCUT2D eigenvalue weighted by atomic mass is 10.1. The number of carbonyl (C=O) groups is 3. The Morgan fingerprint density at radius 3 is 2.46 bits per heavy atom. The van der Waals surface area contributed by atoms with Gasteiger partial charge in [0.15, 0.2) is 0 Å². The SMILES string of the molecule is CCN(CCCc1cccc(CNC(=O)OC(C)(C)C)c1)C(=O)/C=C/c1ccc(C(N)=O)c(O)c1. The zero-order chi connectivity index (χ0) is 26.0. The highest BCUT2D eigenvalue weighted by Gasteiger charge is 2.15. The number of phenols is 1. The molecule has 0 aliphatic carbocycles. The van der Waals surface area contributed by atoms with E-state index in [0.717, 1.165) is 24.0 Å². The molecule has 0 aliphatic heterocycles. The first-order valence-electron chi connectivity index (χ1n) is 11.6. The number of aromatic hydroxyl groups is 1. The van der Waals surface area contributed by atoms with Gasteiger partial charge in [-0.3, -0.25) is 9.59 Å². The van der Waals surface area contributed by atoms with E-state index in [9.17, 15) is 19.5 Å². The number of nitrogens with zero attached hydrogens (tertiary/aromatic N) is 1. The second kappa shape index (κ2) is 12.6. The van der Waals surface area contributed by atoms with E-state index in [4.69, 9.17) is 10.5 Å². The van der Waals surface area contributed by atoms with Crippen molar-refractivity contribution in [1.82, 2.24) is 10.2 Å². The van der Waals surface area contributed by atoms with E-state index in [1.807, 2.05) is 52.0 Å². The summed E-state index contributed by atoms with van der Waals surface area (Å²) in [6.45, 7) is 8.91. The van der Waals surface area contributed by atoms with Gasteiger partial charge in [0.1, 0.15) is 11.4 Å². The van der Waals surface area contributed by atoms with Gasteiger partial charge in [-0.05, 0) is 75.4 Å². The predicted octanol–water partition coefficient (Wildman–Crippen LogP) is 4.01. The molecule has 0 atom stereocenters. The van der Waals surface area contributed by atoms with Crippen molar-refractivity contribution in [2.24, 2.45) is 5.73 Å². The fraction of sp³-hybridized carbons (Fsp3) is 0.370. The van der Waals surface area contributed by atoms with Gasteiger partial charge in [-0.1, -0.05) is 30.3 Å². The molecule has 0 radical (unpaired) electrons. The fourth-order valence-electron chi connectivity index (χ4n) is 3.42. The molecule has 0 saturated carbocycles. The van der Waals surface area contributed by atoms with Crippen LogP contribution < -0.4 is 11.1 Å². The van der Waals surface area contributed by atoms with Crippen LogP contribution in [0.2, 0.25) is 0 Å². The normalized spacial score (nSPS) is 11.3. The Morgan fingerprint density at radius 1 is 1.11 bits per heavy atom. The molecule has 0 saturated heterocycles. The number of likely N-dealkylation sites (N-methyl/N-ethyl adjacent to an activating group) is 1. The molecule has 188 valence electrons. The van der Waals surface area contributed by atoms with Crippen LogP contribution in [0.5, 0.6) is 5.75 Å². The molecule has 0 fully saturated rings. The highest BCUT2D eigenvalue weighted by Crippen LogP contribution is 2.19. The van der Waals surface area contributed by atoms with Gasteiger partial charge in [0.2, 0.25) is 5.91 Å². The molecule has 2 aromatic carbocycles. The number of primary amides is 1. The highest BCUT2D eigenvalue weighted by molar-refractivity contribution is 5.96. The van der Waals surface area contributed by atoms with Crippen LogP contribution >= 0.6 is 0 Å². The number of hydrogen-bond donors (Lipinski definition) is 3. The molecule has 0 aromatic heterocycles. The van der Waals surface area contributed by atoms with Gasteiger partial charge in [-0.15, -0.1) is 0 Å². The van der Waals surface area contributed by atoms with Crippen LogP contribution in [0.4, 0.5) is 4.79 Å². The van der Waals surface area contributed by atoms with E-state index >= 15 is 0 Å². The number of carbonyl (C=O) groups excluding carboxylic acids is 3. The Balaban J connectivity index is 1.86. The Hall–Kier alpha value is -3.81. The van der Waals surface area contributed by atoms with E-state index in [-0.39, 0.29) is 17.2 Å². The number of benzene rings is 2. The summed E-state index contributed by atoms with van der Waals surface area (Å²) in [7, 11) is 0. The number of ether oxygens (including phenoxy) is 1. The third-order valence-corrected chi connectivity index (χ3v) is 5.12. The third-order valence-electron chi connectivity index (χ3n) is 5.12. The molecule has 0 bridgehead atoms. The van der Waals surface area contributed by atoms with Crippen molar-refractivity contribution in [2.75, 3.05) is 13.1 Å². The maximum Gasteiger partial charge on any atom is 0.407 e. The summed E-state index contributed by atoms with van der Waals surface area (Å²) in [5.41, 5.74) is 7.37. The largest absolute Gasteiger partial charge is 0.507 e. The van der Waals surface area contributed by atoms with Crippen LogP contribution in [0.15, 0.2) is 48.5 Å². The summed E-state index contributed by atoms with van der Waals surface area (Å²) in [6.07, 6.45) is 4.16. The molecular formula is C27H35N3O5. The molecule has 2 rings (SSSR count). The molecule has 8 heteroatoms. The van der Waals surface area contributed by atoms with Crippen LogP contribution in [-0.4, -0.2) is 46.6 Å². The zero-order valence-electron chi connectivity index (χ0n) is 20.8. The van der Waals surface area contributed by atoms with Gasteiger partial charge < -0.3 is 25.8 Å². The molecule has 0 heterocycles. The van der Waals surface area contributed by atoms with Crippen LogP contribution in [-0.2, 0) is 22.5 Å². The second-order valence-corrected chi connectivity index (χ2v) is 9.17. The Bertz CT molecular complexity index is 1070. The smallest absolute Gasteiger partial charge is 0.407 e. The van der Waals surface area contributed by atoms with Crippen molar-refractivity contribution in [3.8, 4) is 5.75 Å². The van der Waals surface area contributed by atoms with Gasteiger partial charge in [0, 0.05) is 25.7 Å². The summed E-state index contributed by atoms with van der Waals surface area (Å²) in [6, 6.07) is 12.4. The average molecular weight is 482 g/mol. The Labute approximate surface area is 206 Å². The van der Waals surface area contributed by atoms with Crippen molar-refractivity contribution in [3.63, 3.8) is 0 Å². The monoisotopic (exact) mass is 481 g/mol. The minimum Gasteiger partial charge on any atom is -0.507 e. The van der Waals surface area contributed by atoms with E-state index in [1.165, 1.54) is 18.2 Å².